The molecule has 1 fully saturated rings. The molecule has 15 heavy (non-hydrogen) atoms. The van der Waals surface area contributed by atoms with Crippen molar-refractivity contribution >= 4 is 0 Å². The van der Waals surface area contributed by atoms with Crippen molar-refractivity contribution in [1.29, 1.82) is 0 Å². The Balaban J connectivity index is 2.15. The van der Waals surface area contributed by atoms with Gasteiger partial charge in [0.1, 0.15) is 0 Å². The summed E-state index contributed by atoms with van der Waals surface area (Å²) >= 11 is 0. The van der Waals surface area contributed by atoms with Crippen molar-refractivity contribution < 1.29 is 13.2 Å². The normalized spacial score (nSPS) is 25.8. The fourth-order valence-corrected chi connectivity index (χ4v) is 2.27. The lowest BCUT2D eigenvalue weighted by Gasteiger charge is -2.28. The fourth-order valence-electron chi connectivity index (χ4n) is 2.27. The van der Waals surface area contributed by atoms with Crippen LogP contribution in [0.5, 0.6) is 0 Å². The van der Waals surface area contributed by atoms with E-state index in [1.807, 2.05) is 0 Å². The van der Waals surface area contributed by atoms with E-state index in [9.17, 15) is 13.2 Å². The van der Waals surface area contributed by atoms with Gasteiger partial charge in [-0.2, -0.15) is 13.2 Å². The van der Waals surface area contributed by atoms with E-state index in [1.165, 1.54) is 12.8 Å². The largest absolute Gasteiger partial charge is 0.389 e. The molecule has 1 unspecified atom stereocenters. The van der Waals surface area contributed by atoms with Gasteiger partial charge in [0.05, 0.1) is 0 Å². The van der Waals surface area contributed by atoms with E-state index in [-0.39, 0.29) is 11.8 Å². The first-order valence-corrected chi connectivity index (χ1v) is 5.61. The Morgan fingerprint density at radius 1 is 1.33 bits per heavy atom. The lowest BCUT2D eigenvalue weighted by Crippen LogP contribution is -2.38. The summed E-state index contributed by atoms with van der Waals surface area (Å²) in [6.07, 6.45) is -1.04. The standard InChI is InChI=1S/C11H20F3N/c1-10(2)6-3-5-9(10)15-8-4-7-11(12,13)14/h9,15H,3-8H2,1-2H3. The second-order valence-corrected chi connectivity index (χ2v) is 5.11. The van der Waals surface area contributed by atoms with Crippen molar-refractivity contribution in [2.24, 2.45) is 5.41 Å². The molecule has 90 valence electrons. The lowest BCUT2D eigenvalue weighted by molar-refractivity contribution is -0.135. The van der Waals surface area contributed by atoms with Gasteiger partial charge in [0.25, 0.3) is 0 Å². The number of hydrogen-bond acceptors (Lipinski definition) is 1. The Labute approximate surface area is 89.4 Å². The van der Waals surface area contributed by atoms with E-state index in [0.29, 0.717) is 12.6 Å². The van der Waals surface area contributed by atoms with Gasteiger partial charge in [0.15, 0.2) is 0 Å². The molecule has 1 saturated carbocycles. The van der Waals surface area contributed by atoms with Crippen molar-refractivity contribution in [3.8, 4) is 0 Å². The van der Waals surface area contributed by atoms with E-state index in [0.717, 1.165) is 6.42 Å². The van der Waals surface area contributed by atoms with Gasteiger partial charge < -0.3 is 5.32 Å². The molecule has 0 radical (unpaired) electrons. The van der Waals surface area contributed by atoms with Crippen LogP contribution in [0.2, 0.25) is 0 Å². The van der Waals surface area contributed by atoms with Crippen molar-refractivity contribution in [3.05, 3.63) is 0 Å². The summed E-state index contributed by atoms with van der Waals surface area (Å²) < 4.78 is 35.6. The van der Waals surface area contributed by atoms with Crippen LogP contribution in [0.3, 0.4) is 0 Å². The molecule has 0 aliphatic heterocycles. The van der Waals surface area contributed by atoms with E-state index in [2.05, 4.69) is 19.2 Å². The van der Waals surface area contributed by atoms with Crippen LogP contribution < -0.4 is 5.32 Å². The second-order valence-electron chi connectivity index (χ2n) is 5.11. The van der Waals surface area contributed by atoms with Crippen molar-refractivity contribution in [2.45, 2.75) is 58.2 Å². The zero-order valence-corrected chi connectivity index (χ0v) is 9.45. The third kappa shape index (κ3) is 4.41. The van der Waals surface area contributed by atoms with Crippen LogP contribution in [-0.2, 0) is 0 Å². The van der Waals surface area contributed by atoms with Gasteiger partial charge >= 0.3 is 6.18 Å². The van der Waals surface area contributed by atoms with Crippen molar-refractivity contribution in [2.75, 3.05) is 6.54 Å². The fraction of sp³-hybridized carbons (Fsp3) is 1.00. The van der Waals surface area contributed by atoms with Crippen LogP contribution in [0, 0.1) is 5.41 Å². The Hall–Kier alpha value is -0.250. The predicted molar refractivity (Wildman–Crippen MR) is 54.7 cm³/mol. The summed E-state index contributed by atoms with van der Waals surface area (Å²) in [5.41, 5.74) is 0.248. The minimum Gasteiger partial charge on any atom is -0.313 e. The highest BCUT2D eigenvalue weighted by Crippen LogP contribution is 2.37. The Morgan fingerprint density at radius 3 is 2.47 bits per heavy atom. The van der Waals surface area contributed by atoms with Gasteiger partial charge in [-0.1, -0.05) is 20.3 Å². The number of nitrogens with one attached hydrogen (secondary N) is 1. The maximum Gasteiger partial charge on any atom is 0.389 e. The van der Waals surface area contributed by atoms with Gasteiger partial charge in [-0.3, -0.25) is 0 Å². The molecule has 0 amide bonds. The van der Waals surface area contributed by atoms with Crippen LogP contribution in [0.15, 0.2) is 0 Å². The monoisotopic (exact) mass is 223 g/mol. The molecule has 0 aromatic heterocycles. The number of halogens is 3. The summed E-state index contributed by atoms with van der Waals surface area (Å²) in [5.74, 6) is 0. The molecule has 0 aromatic rings. The summed E-state index contributed by atoms with van der Waals surface area (Å²) in [6.45, 7) is 4.84. The topological polar surface area (TPSA) is 12.0 Å². The third-order valence-electron chi connectivity index (χ3n) is 3.29. The number of alkyl halides is 3. The molecule has 1 N–H and O–H groups in total. The van der Waals surface area contributed by atoms with Crippen LogP contribution in [0.25, 0.3) is 0 Å². The van der Waals surface area contributed by atoms with E-state index >= 15 is 0 Å². The van der Waals surface area contributed by atoms with Crippen LogP contribution >= 0.6 is 0 Å². The zero-order valence-electron chi connectivity index (χ0n) is 9.45. The Morgan fingerprint density at radius 2 is 2.00 bits per heavy atom. The molecular weight excluding hydrogens is 203 g/mol. The van der Waals surface area contributed by atoms with Gasteiger partial charge in [-0.05, 0) is 31.2 Å². The molecule has 0 aromatic carbocycles. The van der Waals surface area contributed by atoms with E-state index in [4.69, 9.17) is 0 Å². The predicted octanol–water partition coefficient (Wildman–Crippen LogP) is 3.50. The van der Waals surface area contributed by atoms with Crippen LogP contribution in [0.4, 0.5) is 13.2 Å². The minimum absolute atomic E-state index is 0.191. The maximum absolute atomic E-state index is 11.9. The van der Waals surface area contributed by atoms with Gasteiger partial charge in [0.2, 0.25) is 0 Å². The average molecular weight is 223 g/mol. The molecule has 1 nitrogen and oxygen atoms in total. The third-order valence-corrected chi connectivity index (χ3v) is 3.29. The first-order valence-electron chi connectivity index (χ1n) is 5.61. The van der Waals surface area contributed by atoms with E-state index in [1.54, 1.807) is 0 Å². The molecule has 1 rings (SSSR count). The van der Waals surface area contributed by atoms with Gasteiger partial charge in [-0.25, -0.2) is 0 Å². The second kappa shape index (κ2) is 4.73. The van der Waals surface area contributed by atoms with Crippen LogP contribution in [-0.4, -0.2) is 18.8 Å². The molecule has 0 saturated heterocycles. The highest BCUT2D eigenvalue weighted by Gasteiger charge is 2.34. The summed E-state index contributed by atoms with van der Waals surface area (Å²) in [6, 6.07) is 0.394. The van der Waals surface area contributed by atoms with Gasteiger partial charge in [-0.15, -0.1) is 0 Å². The van der Waals surface area contributed by atoms with Crippen molar-refractivity contribution in [3.63, 3.8) is 0 Å². The smallest absolute Gasteiger partial charge is 0.313 e. The molecule has 0 spiro atoms. The molecule has 1 atom stereocenters. The zero-order chi connectivity index (χ0) is 11.5. The summed E-state index contributed by atoms with van der Waals surface area (Å²) in [5, 5.41) is 3.24. The van der Waals surface area contributed by atoms with Crippen molar-refractivity contribution in [1.82, 2.24) is 5.32 Å². The quantitative estimate of drug-likeness (QED) is 0.719. The maximum atomic E-state index is 11.9. The SMILES string of the molecule is CC1(C)CCCC1NCCCC(F)(F)F. The molecular formula is C11H20F3N. The average Bonchev–Trinajstić information content (AvgIpc) is 2.37. The molecule has 0 bridgehead atoms. The summed E-state index contributed by atoms with van der Waals surface area (Å²) in [4.78, 5) is 0. The lowest BCUT2D eigenvalue weighted by atomic mass is 9.87. The van der Waals surface area contributed by atoms with Gasteiger partial charge in [0, 0.05) is 12.5 Å². The minimum atomic E-state index is -4.01. The highest BCUT2D eigenvalue weighted by atomic mass is 19.4. The Bertz CT molecular complexity index is 198. The number of rotatable bonds is 4. The number of hydrogen-bond donors (Lipinski definition) is 1. The molecule has 1 aliphatic carbocycles. The first kappa shape index (κ1) is 12.8. The highest BCUT2D eigenvalue weighted by molar-refractivity contribution is 4.89. The van der Waals surface area contributed by atoms with Crippen LogP contribution in [0.1, 0.15) is 46.0 Å². The Kier molecular flexibility index (Phi) is 4.04. The summed E-state index contributed by atoms with van der Waals surface area (Å²) in [7, 11) is 0. The molecule has 0 heterocycles. The first-order chi connectivity index (χ1) is 6.81. The van der Waals surface area contributed by atoms with E-state index < -0.39 is 12.6 Å². The molecule has 4 heteroatoms. The molecule has 1 aliphatic rings.